The zero-order valence-electron chi connectivity index (χ0n) is 19.0. The lowest BCUT2D eigenvalue weighted by atomic mass is 9.65. The van der Waals surface area contributed by atoms with Gasteiger partial charge in [-0.15, -0.1) is 0 Å². The fourth-order valence-electron chi connectivity index (χ4n) is 5.68. The highest BCUT2D eigenvalue weighted by atomic mass is 31.2. The first kappa shape index (κ1) is 22.5. The highest BCUT2D eigenvalue weighted by molar-refractivity contribution is 7.79. The summed E-state index contributed by atoms with van der Waals surface area (Å²) in [7, 11) is -2.94. The molecule has 4 aromatic carbocycles. The van der Waals surface area contributed by atoms with Crippen molar-refractivity contribution in [1.82, 2.24) is 0 Å². The molecule has 1 aliphatic rings. The Labute approximate surface area is 201 Å². The molecular weight excluding hydrogens is 439 g/mol. The molecule has 34 heavy (non-hydrogen) atoms. The molecule has 1 fully saturated rings. The van der Waals surface area contributed by atoms with Crippen molar-refractivity contribution in [3.8, 4) is 11.5 Å². The van der Waals surface area contributed by atoms with E-state index in [9.17, 15) is 10.2 Å². The molecule has 4 aromatic rings. The van der Waals surface area contributed by atoms with Crippen LogP contribution < -0.4 is 10.6 Å². The van der Waals surface area contributed by atoms with Crippen molar-refractivity contribution >= 4 is 17.8 Å². The normalized spacial score (nSPS) is 17.8. The van der Waals surface area contributed by atoms with E-state index in [4.69, 9.17) is 0 Å². The highest BCUT2D eigenvalue weighted by Crippen LogP contribution is 2.59. The predicted octanol–water partition coefficient (Wildman–Crippen LogP) is 6.34. The van der Waals surface area contributed by atoms with E-state index in [0.717, 1.165) is 47.4 Å². The van der Waals surface area contributed by atoms with Crippen molar-refractivity contribution in [2.45, 2.75) is 36.8 Å². The second-order valence-electron chi connectivity index (χ2n) is 9.26. The van der Waals surface area contributed by atoms with Gasteiger partial charge in [0, 0.05) is 21.7 Å². The lowest BCUT2D eigenvalue weighted by Gasteiger charge is -2.44. The van der Waals surface area contributed by atoms with Crippen molar-refractivity contribution in [1.29, 1.82) is 0 Å². The summed E-state index contributed by atoms with van der Waals surface area (Å²) >= 11 is 0. The molecule has 2 N–H and O–H groups in total. The summed E-state index contributed by atoms with van der Waals surface area (Å²) in [6.45, 7) is 0. The number of rotatable bonds is 5. The smallest absolute Gasteiger partial charge is 0.146 e. The molecule has 1 saturated carbocycles. The van der Waals surface area contributed by atoms with Crippen LogP contribution in [0, 0.1) is 0 Å². The molecule has 5 rings (SSSR count). The first-order chi connectivity index (χ1) is 16.5. The Morgan fingerprint density at radius 3 is 1.53 bits per heavy atom. The summed E-state index contributed by atoms with van der Waals surface area (Å²) in [6, 6.07) is 34.7. The maximum absolute atomic E-state index is 15.2. The summed E-state index contributed by atoms with van der Waals surface area (Å²) in [5.41, 5.74) is 1.82. The maximum atomic E-state index is 15.2. The third kappa shape index (κ3) is 3.95. The number of hydrogen-bond donors (Lipinski definition) is 2. The minimum atomic E-state index is -2.94. The van der Waals surface area contributed by atoms with Gasteiger partial charge in [0.15, 0.2) is 0 Å². The largest absolute Gasteiger partial charge is 0.508 e. The third-order valence-corrected chi connectivity index (χ3v) is 11.0. The van der Waals surface area contributed by atoms with Gasteiger partial charge < -0.3 is 14.8 Å². The van der Waals surface area contributed by atoms with Gasteiger partial charge in [-0.3, -0.25) is 0 Å². The third-order valence-electron chi connectivity index (χ3n) is 7.36. The van der Waals surface area contributed by atoms with E-state index in [1.807, 2.05) is 84.9 Å². The molecule has 1 aliphatic carbocycles. The molecule has 172 valence electrons. The molecule has 0 radical (unpaired) electrons. The molecule has 0 amide bonds. The second-order valence-corrected chi connectivity index (χ2v) is 12.3. The first-order valence-corrected chi connectivity index (χ1v) is 13.6. The van der Waals surface area contributed by atoms with E-state index in [0.29, 0.717) is 0 Å². The Hall–Kier alpha value is -3.29. The minimum Gasteiger partial charge on any atom is -0.508 e. The SMILES string of the molecule is O=P(c1ccccc1)(c1ccccc1)C1CCCC(c2ccc(O)cc2)(c2ccc(O)cc2)C1. The van der Waals surface area contributed by atoms with Gasteiger partial charge in [0.2, 0.25) is 0 Å². The summed E-state index contributed by atoms with van der Waals surface area (Å²) in [5, 5.41) is 21.7. The first-order valence-electron chi connectivity index (χ1n) is 11.8. The topological polar surface area (TPSA) is 57.5 Å². The van der Waals surface area contributed by atoms with Crippen LogP contribution in [0.15, 0.2) is 109 Å². The van der Waals surface area contributed by atoms with Crippen molar-refractivity contribution < 1.29 is 14.8 Å². The molecular formula is C30H29O3P. The van der Waals surface area contributed by atoms with Crippen LogP contribution in [-0.2, 0) is 9.98 Å². The summed E-state index contributed by atoms with van der Waals surface area (Å²) in [4.78, 5) is 0. The lowest BCUT2D eigenvalue weighted by molar-refractivity contribution is 0.345. The van der Waals surface area contributed by atoms with Gasteiger partial charge in [-0.25, -0.2) is 0 Å². The van der Waals surface area contributed by atoms with Crippen LogP contribution >= 0.6 is 7.14 Å². The molecule has 0 aliphatic heterocycles. The second kappa shape index (κ2) is 9.16. The Bertz CT molecular complexity index is 1190. The summed E-state index contributed by atoms with van der Waals surface area (Å²) in [5.74, 6) is 0.465. The molecule has 1 unspecified atom stereocenters. The Morgan fingerprint density at radius 1 is 0.647 bits per heavy atom. The Balaban J connectivity index is 1.67. The summed E-state index contributed by atoms with van der Waals surface area (Å²) < 4.78 is 15.2. The maximum Gasteiger partial charge on any atom is 0.146 e. The van der Waals surface area contributed by atoms with Gasteiger partial charge in [-0.2, -0.15) is 0 Å². The van der Waals surface area contributed by atoms with Gasteiger partial charge in [0.25, 0.3) is 0 Å². The molecule has 0 saturated heterocycles. The standard InChI is InChI=1S/C30H29O3P/c31-25-17-13-23(14-18-25)30(24-15-19-26(32)20-16-24)21-7-12-29(22-30)34(33,27-8-3-1-4-9-27)28-10-5-2-6-11-28/h1-6,8-11,13-20,29,31-32H,7,12,21-22H2. The van der Waals surface area contributed by atoms with E-state index in [1.165, 1.54) is 0 Å². The van der Waals surface area contributed by atoms with Crippen LogP contribution in [0.3, 0.4) is 0 Å². The van der Waals surface area contributed by atoms with Gasteiger partial charge in [-0.05, 0) is 54.7 Å². The van der Waals surface area contributed by atoms with E-state index < -0.39 is 7.14 Å². The molecule has 4 heteroatoms. The number of hydrogen-bond acceptors (Lipinski definition) is 3. The minimum absolute atomic E-state index is 0.0337. The number of benzene rings is 4. The van der Waals surface area contributed by atoms with Crippen LogP contribution in [-0.4, -0.2) is 15.9 Å². The van der Waals surface area contributed by atoms with E-state index in [1.54, 1.807) is 24.3 Å². The van der Waals surface area contributed by atoms with Gasteiger partial charge >= 0.3 is 0 Å². The fourth-order valence-corrected chi connectivity index (χ4v) is 9.16. The monoisotopic (exact) mass is 468 g/mol. The van der Waals surface area contributed by atoms with Crippen molar-refractivity contribution in [2.75, 3.05) is 0 Å². The van der Waals surface area contributed by atoms with Crippen LogP contribution in [0.4, 0.5) is 0 Å². The molecule has 3 nitrogen and oxygen atoms in total. The van der Waals surface area contributed by atoms with Crippen LogP contribution in [0.2, 0.25) is 0 Å². The number of aromatic hydroxyl groups is 2. The highest BCUT2D eigenvalue weighted by Gasteiger charge is 2.46. The van der Waals surface area contributed by atoms with Crippen molar-refractivity contribution in [3.63, 3.8) is 0 Å². The van der Waals surface area contributed by atoms with Gasteiger partial charge in [0.1, 0.15) is 18.6 Å². The average Bonchev–Trinajstić information content (AvgIpc) is 2.90. The van der Waals surface area contributed by atoms with Gasteiger partial charge in [0.05, 0.1) is 0 Å². The quantitative estimate of drug-likeness (QED) is 0.336. The number of phenolic OH excluding ortho intramolecular Hbond substituents is 2. The van der Waals surface area contributed by atoms with E-state index >= 15 is 4.57 Å². The van der Waals surface area contributed by atoms with Crippen LogP contribution in [0.1, 0.15) is 36.8 Å². The van der Waals surface area contributed by atoms with E-state index in [-0.39, 0.29) is 22.6 Å². The molecule has 0 aromatic heterocycles. The summed E-state index contributed by atoms with van der Waals surface area (Å²) in [6.07, 6.45) is 3.47. The van der Waals surface area contributed by atoms with Crippen molar-refractivity contribution in [2.24, 2.45) is 0 Å². The molecule has 0 spiro atoms. The van der Waals surface area contributed by atoms with Crippen molar-refractivity contribution in [3.05, 3.63) is 120 Å². The number of phenols is 2. The van der Waals surface area contributed by atoms with Gasteiger partial charge in [-0.1, -0.05) is 91.3 Å². The van der Waals surface area contributed by atoms with Crippen LogP contribution in [0.5, 0.6) is 11.5 Å². The van der Waals surface area contributed by atoms with E-state index in [2.05, 4.69) is 0 Å². The molecule has 0 bridgehead atoms. The average molecular weight is 469 g/mol. The predicted molar refractivity (Wildman–Crippen MR) is 139 cm³/mol. The molecule has 1 atom stereocenters. The fraction of sp³-hybridized carbons (Fsp3) is 0.200. The van der Waals surface area contributed by atoms with Crippen LogP contribution in [0.25, 0.3) is 0 Å². The Morgan fingerprint density at radius 2 is 1.09 bits per heavy atom. The zero-order chi connectivity index (χ0) is 23.6. The zero-order valence-corrected chi connectivity index (χ0v) is 19.9. The Kier molecular flexibility index (Phi) is 6.06. The molecule has 0 heterocycles. The lowest BCUT2D eigenvalue weighted by Crippen LogP contribution is -2.39.